The molecule has 0 aliphatic carbocycles. The van der Waals surface area contributed by atoms with Gasteiger partial charge >= 0.3 is 5.97 Å². The van der Waals surface area contributed by atoms with Crippen molar-refractivity contribution in [2.75, 3.05) is 24.3 Å². The summed E-state index contributed by atoms with van der Waals surface area (Å²) < 4.78 is 0. The molecule has 0 unspecified atom stereocenters. The van der Waals surface area contributed by atoms with Gasteiger partial charge in [-0.2, -0.15) is 0 Å². The molecular weight excluding hydrogens is 330 g/mol. The Balaban J connectivity index is 1.85. The Bertz CT molecular complexity index is 1120. The highest BCUT2D eigenvalue weighted by atomic mass is 16.4. The minimum Gasteiger partial charge on any atom is -0.477 e. The maximum absolute atomic E-state index is 11.4. The number of benzene rings is 1. The number of aromatic nitrogens is 3. The number of nitrogens with one attached hydrogen (secondary N) is 2. The van der Waals surface area contributed by atoms with Crippen LogP contribution in [-0.2, 0) is 0 Å². The molecule has 0 radical (unpaired) electrons. The van der Waals surface area contributed by atoms with Crippen LogP contribution in [0.5, 0.6) is 0 Å². The topological polar surface area (TPSA) is 94.1 Å². The largest absolute Gasteiger partial charge is 0.477 e. The Morgan fingerprint density at radius 2 is 1.92 bits per heavy atom. The molecule has 0 amide bonds. The van der Waals surface area contributed by atoms with E-state index >= 15 is 0 Å². The summed E-state index contributed by atoms with van der Waals surface area (Å²) in [4.78, 5) is 25.1. The zero-order chi connectivity index (χ0) is 18.3. The SMILES string of the molecule is CN(C)c1ccc(Nc2nc3ccncc3c3[nH]c(C(=O)O)cc23)cc1. The molecule has 0 fully saturated rings. The van der Waals surface area contributed by atoms with Crippen LogP contribution >= 0.6 is 0 Å². The molecule has 0 aliphatic heterocycles. The fraction of sp³-hybridized carbons (Fsp3) is 0.105. The number of aromatic carboxylic acids is 1. The first-order valence-corrected chi connectivity index (χ1v) is 8.07. The number of hydrogen-bond donors (Lipinski definition) is 3. The van der Waals surface area contributed by atoms with Crippen LogP contribution in [-0.4, -0.2) is 40.1 Å². The summed E-state index contributed by atoms with van der Waals surface area (Å²) in [6, 6.07) is 11.3. The molecule has 0 bridgehead atoms. The van der Waals surface area contributed by atoms with Crippen LogP contribution in [0.15, 0.2) is 48.8 Å². The number of nitrogens with zero attached hydrogens (tertiary/aromatic N) is 3. The van der Waals surface area contributed by atoms with Crippen molar-refractivity contribution < 1.29 is 9.90 Å². The number of aromatic amines is 1. The first-order valence-electron chi connectivity index (χ1n) is 8.07. The Morgan fingerprint density at radius 3 is 2.62 bits per heavy atom. The van der Waals surface area contributed by atoms with Gasteiger partial charge in [0, 0.05) is 48.6 Å². The zero-order valence-electron chi connectivity index (χ0n) is 14.3. The predicted molar refractivity (Wildman–Crippen MR) is 102 cm³/mol. The van der Waals surface area contributed by atoms with Gasteiger partial charge in [-0.1, -0.05) is 0 Å². The molecule has 1 aromatic carbocycles. The van der Waals surface area contributed by atoms with Gasteiger partial charge in [0.05, 0.1) is 11.0 Å². The standard InChI is InChI=1S/C19H17N5O2/c1-24(2)12-5-3-11(4-6-12)21-18-13-9-16(19(25)26)22-17(13)14-10-20-8-7-15(14)23-18/h3-10,22H,1-2H3,(H,21,23)(H,25,26). The lowest BCUT2D eigenvalue weighted by Crippen LogP contribution is -2.08. The normalized spacial score (nSPS) is 11.0. The summed E-state index contributed by atoms with van der Waals surface area (Å²) in [6.45, 7) is 0. The molecule has 26 heavy (non-hydrogen) atoms. The van der Waals surface area contributed by atoms with Gasteiger partial charge < -0.3 is 20.3 Å². The summed E-state index contributed by atoms with van der Waals surface area (Å²) in [7, 11) is 3.97. The smallest absolute Gasteiger partial charge is 0.352 e. The molecular formula is C19H17N5O2. The fourth-order valence-electron chi connectivity index (χ4n) is 2.90. The van der Waals surface area contributed by atoms with Crippen LogP contribution in [0.3, 0.4) is 0 Å². The van der Waals surface area contributed by atoms with E-state index in [1.165, 1.54) is 0 Å². The maximum Gasteiger partial charge on any atom is 0.352 e. The number of carboxylic acid groups (broad SMARTS) is 1. The van der Waals surface area contributed by atoms with E-state index in [4.69, 9.17) is 0 Å². The molecule has 0 aliphatic rings. The van der Waals surface area contributed by atoms with Crippen LogP contribution in [0.2, 0.25) is 0 Å². The zero-order valence-corrected chi connectivity index (χ0v) is 14.3. The van der Waals surface area contributed by atoms with Crippen LogP contribution in [0.1, 0.15) is 10.5 Å². The Labute approximate surface area is 149 Å². The monoisotopic (exact) mass is 347 g/mol. The molecule has 0 atom stereocenters. The maximum atomic E-state index is 11.4. The summed E-state index contributed by atoms with van der Waals surface area (Å²) in [5.74, 6) is -0.417. The fourth-order valence-corrected chi connectivity index (χ4v) is 2.90. The second-order valence-corrected chi connectivity index (χ2v) is 6.20. The van der Waals surface area contributed by atoms with E-state index in [0.29, 0.717) is 16.7 Å². The van der Waals surface area contributed by atoms with Crippen molar-refractivity contribution in [1.82, 2.24) is 15.0 Å². The van der Waals surface area contributed by atoms with E-state index < -0.39 is 5.97 Å². The van der Waals surface area contributed by atoms with Crippen LogP contribution in [0.4, 0.5) is 17.2 Å². The third kappa shape index (κ3) is 2.69. The van der Waals surface area contributed by atoms with E-state index in [-0.39, 0.29) is 5.69 Å². The predicted octanol–water partition coefficient (Wildman–Crippen LogP) is 3.62. The van der Waals surface area contributed by atoms with Gasteiger partial charge in [-0.3, -0.25) is 4.98 Å². The minimum absolute atomic E-state index is 0.115. The molecule has 3 heterocycles. The number of anilines is 3. The molecule has 0 spiro atoms. The lowest BCUT2D eigenvalue weighted by molar-refractivity contribution is 0.0691. The van der Waals surface area contributed by atoms with Gasteiger partial charge in [0.1, 0.15) is 11.5 Å². The molecule has 4 rings (SSSR count). The van der Waals surface area contributed by atoms with Crippen molar-refractivity contribution in [1.29, 1.82) is 0 Å². The second kappa shape index (κ2) is 6.03. The van der Waals surface area contributed by atoms with Crippen molar-refractivity contribution in [2.45, 2.75) is 0 Å². The van der Waals surface area contributed by atoms with Gasteiger partial charge in [0.2, 0.25) is 0 Å². The Hall–Kier alpha value is -3.61. The molecule has 3 N–H and O–H groups in total. The number of rotatable bonds is 4. The molecule has 130 valence electrons. The van der Waals surface area contributed by atoms with Gasteiger partial charge in [0.15, 0.2) is 0 Å². The Kier molecular flexibility index (Phi) is 3.69. The first-order chi connectivity index (χ1) is 12.5. The highest BCUT2D eigenvalue weighted by Crippen LogP contribution is 2.31. The third-order valence-electron chi connectivity index (χ3n) is 4.25. The van der Waals surface area contributed by atoms with Gasteiger partial charge in [-0.25, -0.2) is 9.78 Å². The van der Waals surface area contributed by atoms with E-state index in [0.717, 1.165) is 22.3 Å². The highest BCUT2D eigenvalue weighted by molar-refractivity contribution is 6.11. The average Bonchev–Trinajstić information content (AvgIpc) is 3.08. The molecule has 3 aromatic heterocycles. The number of pyridine rings is 2. The number of H-pyrrole nitrogens is 1. The summed E-state index contributed by atoms with van der Waals surface area (Å²) in [5.41, 5.74) is 3.51. The van der Waals surface area contributed by atoms with E-state index in [2.05, 4.69) is 20.3 Å². The van der Waals surface area contributed by atoms with Crippen molar-refractivity contribution in [3.8, 4) is 0 Å². The van der Waals surface area contributed by atoms with Crippen LogP contribution in [0, 0.1) is 0 Å². The molecule has 0 saturated heterocycles. The summed E-state index contributed by atoms with van der Waals surface area (Å²) in [5, 5.41) is 14.1. The lowest BCUT2D eigenvalue weighted by Gasteiger charge is -2.14. The van der Waals surface area contributed by atoms with Crippen molar-refractivity contribution in [2.24, 2.45) is 0 Å². The number of hydrogen-bond acceptors (Lipinski definition) is 5. The van der Waals surface area contributed by atoms with Crippen molar-refractivity contribution in [3.63, 3.8) is 0 Å². The molecule has 7 heteroatoms. The van der Waals surface area contributed by atoms with Crippen LogP contribution < -0.4 is 10.2 Å². The summed E-state index contributed by atoms with van der Waals surface area (Å²) in [6.07, 6.45) is 3.35. The van der Waals surface area contributed by atoms with Gasteiger partial charge in [-0.15, -0.1) is 0 Å². The van der Waals surface area contributed by atoms with Crippen LogP contribution in [0.25, 0.3) is 21.8 Å². The summed E-state index contributed by atoms with van der Waals surface area (Å²) >= 11 is 0. The number of carboxylic acids is 1. The number of fused-ring (bicyclic) bond motifs is 3. The van der Waals surface area contributed by atoms with Crippen molar-refractivity contribution >= 4 is 45.0 Å². The van der Waals surface area contributed by atoms with E-state index in [1.54, 1.807) is 24.5 Å². The molecule has 4 aromatic rings. The minimum atomic E-state index is -1.01. The second-order valence-electron chi connectivity index (χ2n) is 6.20. The Morgan fingerprint density at radius 1 is 1.15 bits per heavy atom. The number of carbonyl (C=O) groups is 1. The molecule has 7 nitrogen and oxygen atoms in total. The van der Waals surface area contributed by atoms with Crippen molar-refractivity contribution in [3.05, 3.63) is 54.5 Å². The molecule has 0 saturated carbocycles. The quantitative estimate of drug-likeness (QED) is 0.522. The average molecular weight is 347 g/mol. The lowest BCUT2D eigenvalue weighted by atomic mass is 10.2. The van der Waals surface area contributed by atoms with Gasteiger partial charge in [0.25, 0.3) is 0 Å². The first kappa shape index (κ1) is 15.9. The van der Waals surface area contributed by atoms with Gasteiger partial charge in [-0.05, 0) is 36.4 Å². The van der Waals surface area contributed by atoms with E-state index in [9.17, 15) is 9.90 Å². The highest BCUT2D eigenvalue weighted by Gasteiger charge is 2.15. The van der Waals surface area contributed by atoms with E-state index in [1.807, 2.05) is 43.3 Å². The third-order valence-corrected chi connectivity index (χ3v) is 4.25.